The molecule has 1 heterocycles. The zero-order chi connectivity index (χ0) is 14.8. The van der Waals surface area contributed by atoms with Gasteiger partial charge in [-0.3, -0.25) is 0 Å². The number of nitrogens with two attached hydrogens (primary N) is 1. The molecular weight excluding hydrogens is 278 g/mol. The number of hydrogen-bond donors (Lipinski definition) is 2. The number of nitrogens with zero attached hydrogens (tertiary/aromatic N) is 1. The van der Waals surface area contributed by atoms with Crippen LogP contribution in [0.1, 0.15) is 39.0 Å². The van der Waals surface area contributed by atoms with E-state index in [1.807, 2.05) is 0 Å². The Morgan fingerprint density at radius 2 is 1.90 bits per heavy atom. The Morgan fingerprint density at radius 1 is 1.25 bits per heavy atom. The van der Waals surface area contributed by atoms with Gasteiger partial charge in [-0.25, -0.2) is 18.4 Å². The van der Waals surface area contributed by atoms with E-state index in [4.69, 9.17) is 5.14 Å². The largest absolute Gasteiger partial charge is 0.335 e. The Labute approximate surface area is 121 Å². The zero-order valence-electron chi connectivity index (χ0n) is 12.0. The van der Waals surface area contributed by atoms with Gasteiger partial charge in [0.15, 0.2) is 0 Å². The Hall–Kier alpha value is -0.820. The molecular formula is C13H25N3O3S. The van der Waals surface area contributed by atoms with Crippen molar-refractivity contribution in [2.45, 2.75) is 45.1 Å². The number of likely N-dealkylation sites (tertiary alicyclic amines) is 1. The minimum atomic E-state index is -3.41. The lowest BCUT2D eigenvalue weighted by Gasteiger charge is -2.32. The summed E-state index contributed by atoms with van der Waals surface area (Å²) in [6.07, 6.45) is 4.74. The number of piperidine rings is 1. The highest BCUT2D eigenvalue weighted by molar-refractivity contribution is 7.89. The summed E-state index contributed by atoms with van der Waals surface area (Å²) in [6, 6.07) is 0.304. The molecule has 3 N–H and O–H groups in total. The van der Waals surface area contributed by atoms with E-state index in [2.05, 4.69) is 12.2 Å². The Bertz CT molecular complexity index is 444. The highest BCUT2D eigenvalue weighted by Crippen LogP contribution is 2.25. The molecule has 0 radical (unpaired) electrons. The van der Waals surface area contributed by atoms with Crippen LogP contribution >= 0.6 is 0 Å². The molecule has 0 aromatic carbocycles. The van der Waals surface area contributed by atoms with E-state index in [1.165, 1.54) is 6.42 Å². The molecule has 2 amide bonds. The van der Waals surface area contributed by atoms with Crippen molar-refractivity contribution in [1.82, 2.24) is 10.2 Å². The van der Waals surface area contributed by atoms with Crippen LogP contribution in [0.5, 0.6) is 0 Å². The third-order valence-corrected chi connectivity index (χ3v) is 5.33. The second kappa shape index (κ2) is 6.30. The molecule has 0 spiro atoms. The Morgan fingerprint density at radius 3 is 2.40 bits per heavy atom. The van der Waals surface area contributed by atoms with Crippen molar-refractivity contribution in [3.05, 3.63) is 0 Å². The number of nitrogens with one attached hydrogen (secondary N) is 1. The van der Waals surface area contributed by atoms with E-state index in [0.29, 0.717) is 37.9 Å². The summed E-state index contributed by atoms with van der Waals surface area (Å²) >= 11 is 0. The fourth-order valence-corrected chi connectivity index (χ4v) is 4.23. The van der Waals surface area contributed by atoms with Gasteiger partial charge in [-0.1, -0.05) is 6.92 Å². The molecule has 0 aromatic heterocycles. The van der Waals surface area contributed by atoms with Gasteiger partial charge < -0.3 is 10.2 Å². The Kier molecular flexibility index (Phi) is 4.90. The van der Waals surface area contributed by atoms with Crippen LogP contribution in [0.2, 0.25) is 0 Å². The van der Waals surface area contributed by atoms with Crippen molar-refractivity contribution in [2.75, 3.05) is 18.8 Å². The molecule has 2 rings (SSSR count). The number of hydrogen-bond acceptors (Lipinski definition) is 3. The fourth-order valence-electron chi connectivity index (χ4n) is 3.24. The first-order valence-electron chi connectivity index (χ1n) is 7.39. The topological polar surface area (TPSA) is 92.5 Å². The molecule has 1 aliphatic carbocycles. The highest BCUT2D eigenvalue weighted by Gasteiger charge is 2.28. The van der Waals surface area contributed by atoms with Crippen LogP contribution in [0.25, 0.3) is 0 Å². The van der Waals surface area contributed by atoms with E-state index in [9.17, 15) is 13.2 Å². The first kappa shape index (κ1) is 15.6. The van der Waals surface area contributed by atoms with E-state index in [1.54, 1.807) is 4.90 Å². The fraction of sp³-hybridized carbons (Fsp3) is 0.923. The van der Waals surface area contributed by atoms with E-state index >= 15 is 0 Å². The highest BCUT2D eigenvalue weighted by atomic mass is 32.2. The summed E-state index contributed by atoms with van der Waals surface area (Å²) in [7, 11) is -3.41. The lowest BCUT2D eigenvalue weighted by Crippen LogP contribution is -2.48. The summed E-state index contributed by atoms with van der Waals surface area (Å²) in [5.41, 5.74) is 0. The number of rotatable bonds is 3. The maximum Gasteiger partial charge on any atom is 0.317 e. The van der Waals surface area contributed by atoms with E-state index in [0.717, 1.165) is 12.8 Å². The van der Waals surface area contributed by atoms with Gasteiger partial charge in [0.2, 0.25) is 10.0 Å². The predicted molar refractivity (Wildman–Crippen MR) is 77.6 cm³/mol. The zero-order valence-corrected chi connectivity index (χ0v) is 12.9. The molecule has 0 bridgehead atoms. The molecule has 2 atom stereocenters. The van der Waals surface area contributed by atoms with Gasteiger partial charge in [0.25, 0.3) is 0 Å². The van der Waals surface area contributed by atoms with Crippen LogP contribution in [-0.4, -0.2) is 44.2 Å². The van der Waals surface area contributed by atoms with Crippen LogP contribution in [0.15, 0.2) is 0 Å². The predicted octanol–water partition coefficient (Wildman–Crippen LogP) is 0.885. The second-order valence-corrected chi connectivity index (χ2v) is 7.98. The molecule has 7 heteroatoms. The van der Waals surface area contributed by atoms with Gasteiger partial charge in [0.05, 0.1) is 5.75 Å². The standard InChI is InChI=1S/C13H25N3O3S/c1-10-2-3-12(8-10)15-13(17)16-6-4-11(5-7-16)9-20(14,18)19/h10-12H,2-9H2,1H3,(H,15,17)(H2,14,18,19)/t10-,12-/m0/s1. The number of sulfonamides is 1. The van der Waals surface area contributed by atoms with Crippen LogP contribution in [0.4, 0.5) is 4.79 Å². The summed E-state index contributed by atoms with van der Waals surface area (Å²) in [5, 5.41) is 8.15. The number of primary sulfonamides is 1. The molecule has 2 fully saturated rings. The summed E-state index contributed by atoms with van der Waals surface area (Å²) in [6.45, 7) is 3.45. The number of carbonyl (C=O) groups excluding carboxylic acids is 1. The van der Waals surface area contributed by atoms with Crippen molar-refractivity contribution in [3.8, 4) is 0 Å². The lowest BCUT2D eigenvalue weighted by molar-refractivity contribution is 0.171. The van der Waals surface area contributed by atoms with Crippen LogP contribution in [0.3, 0.4) is 0 Å². The van der Waals surface area contributed by atoms with Crippen LogP contribution in [0, 0.1) is 11.8 Å². The SMILES string of the molecule is C[C@H]1CC[C@H](NC(=O)N2CCC(CS(N)(=O)=O)CC2)C1. The third kappa shape index (κ3) is 4.63. The van der Waals surface area contributed by atoms with Gasteiger partial charge >= 0.3 is 6.03 Å². The van der Waals surface area contributed by atoms with Crippen molar-refractivity contribution in [3.63, 3.8) is 0 Å². The molecule has 6 nitrogen and oxygen atoms in total. The molecule has 0 unspecified atom stereocenters. The van der Waals surface area contributed by atoms with E-state index in [-0.39, 0.29) is 17.7 Å². The van der Waals surface area contributed by atoms with Crippen LogP contribution in [-0.2, 0) is 10.0 Å². The number of carbonyl (C=O) groups is 1. The molecule has 0 aromatic rings. The molecule has 1 saturated carbocycles. The second-order valence-electron chi connectivity index (χ2n) is 6.32. The smallest absolute Gasteiger partial charge is 0.317 e. The Balaban J connectivity index is 1.74. The average molecular weight is 303 g/mol. The summed E-state index contributed by atoms with van der Waals surface area (Å²) in [5.74, 6) is 0.809. The van der Waals surface area contributed by atoms with Crippen molar-refractivity contribution < 1.29 is 13.2 Å². The van der Waals surface area contributed by atoms with Gasteiger partial charge in [-0.2, -0.15) is 0 Å². The number of urea groups is 1. The average Bonchev–Trinajstić information content (AvgIpc) is 2.73. The minimum absolute atomic E-state index is 0.00171. The lowest BCUT2D eigenvalue weighted by atomic mass is 9.99. The monoisotopic (exact) mass is 303 g/mol. The molecule has 116 valence electrons. The van der Waals surface area contributed by atoms with Crippen molar-refractivity contribution in [2.24, 2.45) is 17.0 Å². The minimum Gasteiger partial charge on any atom is -0.335 e. The van der Waals surface area contributed by atoms with Crippen LogP contribution < -0.4 is 10.5 Å². The third-order valence-electron chi connectivity index (χ3n) is 4.39. The van der Waals surface area contributed by atoms with Crippen molar-refractivity contribution >= 4 is 16.1 Å². The normalized spacial score (nSPS) is 28.6. The molecule has 1 aliphatic heterocycles. The first-order valence-corrected chi connectivity index (χ1v) is 9.11. The maximum atomic E-state index is 12.1. The summed E-state index contributed by atoms with van der Waals surface area (Å²) < 4.78 is 22.1. The maximum absolute atomic E-state index is 12.1. The number of amides is 2. The van der Waals surface area contributed by atoms with Gasteiger partial charge in [-0.05, 0) is 43.9 Å². The first-order chi connectivity index (χ1) is 9.33. The van der Waals surface area contributed by atoms with Crippen molar-refractivity contribution in [1.29, 1.82) is 0 Å². The molecule has 1 saturated heterocycles. The molecule has 2 aliphatic rings. The van der Waals surface area contributed by atoms with E-state index < -0.39 is 10.0 Å². The summed E-state index contributed by atoms with van der Waals surface area (Å²) in [4.78, 5) is 13.9. The quantitative estimate of drug-likeness (QED) is 0.810. The van der Waals surface area contributed by atoms with Gasteiger partial charge in [-0.15, -0.1) is 0 Å². The van der Waals surface area contributed by atoms with Gasteiger partial charge in [0.1, 0.15) is 0 Å². The molecule has 20 heavy (non-hydrogen) atoms. The van der Waals surface area contributed by atoms with Gasteiger partial charge in [0, 0.05) is 19.1 Å².